The Bertz CT molecular complexity index is 302. The van der Waals surface area contributed by atoms with Gasteiger partial charge in [-0.3, -0.25) is 4.79 Å². The van der Waals surface area contributed by atoms with Crippen molar-refractivity contribution in [2.75, 3.05) is 19.7 Å². The van der Waals surface area contributed by atoms with Gasteiger partial charge in [0, 0.05) is 0 Å². The van der Waals surface area contributed by atoms with Gasteiger partial charge in [-0.1, -0.05) is 6.92 Å². The van der Waals surface area contributed by atoms with Crippen molar-refractivity contribution in [2.45, 2.75) is 44.8 Å². The van der Waals surface area contributed by atoms with Crippen molar-refractivity contribution in [1.82, 2.24) is 10.6 Å². The van der Waals surface area contributed by atoms with Crippen LogP contribution in [-0.4, -0.2) is 48.3 Å². The SMILES string of the molecule is CCC(C)(NC(=O)COC1CCNCC1)C(=O)O. The van der Waals surface area contributed by atoms with E-state index in [9.17, 15) is 9.59 Å². The lowest BCUT2D eigenvalue weighted by atomic mass is 9.99. The molecule has 1 atom stereocenters. The number of carboxylic acid groups (broad SMARTS) is 1. The summed E-state index contributed by atoms with van der Waals surface area (Å²) in [6.45, 7) is 4.94. The van der Waals surface area contributed by atoms with Crippen molar-refractivity contribution in [3.63, 3.8) is 0 Å². The van der Waals surface area contributed by atoms with Crippen molar-refractivity contribution in [3.8, 4) is 0 Å². The summed E-state index contributed by atoms with van der Waals surface area (Å²) in [5.41, 5.74) is -1.21. The van der Waals surface area contributed by atoms with Crippen LogP contribution in [0.25, 0.3) is 0 Å². The van der Waals surface area contributed by atoms with Gasteiger partial charge in [-0.25, -0.2) is 4.79 Å². The number of aliphatic carboxylic acids is 1. The van der Waals surface area contributed by atoms with E-state index in [4.69, 9.17) is 9.84 Å². The average Bonchev–Trinajstić information content (AvgIpc) is 2.37. The van der Waals surface area contributed by atoms with E-state index in [1.807, 2.05) is 0 Å². The lowest BCUT2D eigenvalue weighted by Crippen LogP contribution is -2.53. The third-order valence-electron chi connectivity index (χ3n) is 3.33. The molecular weight excluding hydrogens is 236 g/mol. The average molecular weight is 258 g/mol. The fourth-order valence-corrected chi connectivity index (χ4v) is 1.79. The fourth-order valence-electron chi connectivity index (χ4n) is 1.79. The molecule has 1 saturated heterocycles. The normalized spacial score (nSPS) is 20.1. The van der Waals surface area contributed by atoms with E-state index >= 15 is 0 Å². The molecule has 1 amide bonds. The standard InChI is InChI=1S/C12H22N2O4/c1-3-12(2,11(16)17)14-10(15)8-18-9-4-6-13-7-5-9/h9,13H,3-8H2,1-2H3,(H,14,15)(H,16,17). The summed E-state index contributed by atoms with van der Waals surface area (Å²) in [4.78, 5) is 22.7. The quantitative estimate of drug-likeness (QED) is 0.630. The van der Waals surface area contributed by atoms with Crippen LogP contribution in [0, 0.1) is 0 Å². The number of hydrogen-bond donors (Lipinski definition) is 3. The molecule has 0 spiro atoms. The molecule has 0 aromatic rings. The highest BCUT2D eigenvalue weighted by molar-refractivity contribution is 5.87. The predicted octanol–water partition coefficient (Wildman–Crippen LogP) is 0.125. The van der Waals surface area contributed by atoms with Crippen molar-refractivity contribution in [3.05, 3.63) is 0 Å². The van der Waals surface area contributed by atoms with Gasteiger partial charge in [0.25, 0.3) is 0 Å². The first-order chi connectivity index (χ1) is 8.48. The smallest absolute Gasteiger partial charge is 0.329 e. The molecule has 1 fully saturated rings. The number of carbonyl (C=O) groups excluding carboxylic acids is 1. The summed E-state index contributed by atoms with van der Waals surface area (Å²) in [7, 11) is 0. The lowest BCUT2D eigenvalue weighted by Gasteiger charge is -2.26. The van der Waals surface area contributed by atoms with Crippen LogP contribution in [0.3, 0.4) is 0 Å². The summed E-state index contributed by atoms with van der Waals surface area (Å²) >= 11 is 0. The van der Waals surface area contributed by atoms with Crippen LogP contribution in [0.1, 0.15) is 33.1 Å². The van der Waals surface area contributed by atoms with Crippen LogP contribution in [0.15, 0.2) is 0 Å². The Kier molecular flexibility index (Phi) is 5.55. The van der Waals surface area contributed by atoms with Gasteiger partial charge in [-0.05, 0) is 39.3 Å². The Balaban J connectivity index is 2.34. The first-order valence-corrected chi connectivity index (χ1v) is 6.34. The molecular formula is C12H22N2O4. The molecule has 1 unspecified atom stereocenters. The minimum Gasteiger partial charge on any atom is -0.480 e. The minimum atomic E-state index is -1.21. The van der Waals surface area contributed by atoms with Crippen molar-refractivity contribution in [2.24, 2.45) is 0 Å². The van der Waals surface area contributed by atoms with Crippen molar-refractivity contribution in [1.29, 1.82) is 0 Å². The maximum atomic E-state index is 11.6. The summed E-state index contributed by atoms with van der Waals surface area (Å²) in [6.07, 6.45) is 2.20. The molecule has 0 radical (unpaired) electrons. The van der Waals surface area contributed by atoms with Crippen molar-refractivity contribution < 1.29 is 19.4 Å². The molecule has 1 rings (SSSR count). The molecule has 6 nitrogen and oxygen atoms in total. The number of carbonyl (C=O) groups is 2. The first-order valence-electron chi connectivity index (χ1n) is 6.34. The molecule has 6 heteroatoms. The van der Waals surface area contributed by atoms with Gasteiger partial charge in [0.05, 0.1) is 6.10 Å². The largest absolute Gasteiger partial charge is 0.480 e. The Morgan fingerprint density at radius 3 is 2.56 bits per heavy atom. The highest BCUT2D eigenvalue weighted by Crippen LogP contribution is 2.10. The van der Waals surface area contributed by atoms with E-state index in [2.05, 4.69) is 10.6 Å². The monoisotopic (exact) mass is 258 g/mol. The number of piperidine rings is 1. The Labute approximate surface area is 107 Å². The third-order valence-corrected chi connectivity index (χ3v) is 3.33. The maximum Gasteiger partial charge on any atom is 0.329 e. The highest BCUT2D eigenvalue weighted by Gasteiger charge is 2.32. The predicted molar refractivity (Wildman–Crippen MR) is 66.3 cm³/mol. The number of ether oxygens (including phenoxy) is 1. The zero-order valence-electron chi connectivity index (χ0n) is 11.0. The molecule has 0 aromatic heterocycles. The van der Waals surface area contributed by atoms with Gasteiger partial charge < -0.3 is 20.5 Å². The molecule has 1 aliphatic rings. The van der Waals surface area contributed by atoms with Gasteiger partial charge >= 0.3 is 5.97 Å². The highest BCUT2D eigenvalue weighted by atomic mass is 16.5. The second-order valence-corrected chi connectivity index (χ2v) is 4.80. The zero-order chi connectivity index (χ0) is 13.6. The molecule has 104 valence electrons. The van der Waals surface area contributed by atoms with Crippen molar-refractivity contribution >= 4 is 11.9 Å². The van der Waals surface area contributed by atoms with E-state index in [1.54, 1.807) is 6.92 Å². The van der Waals surface area contributed by atoms with Crippen LogP contribution in [0.2, 0.25) is 0 Å². The molecule has 0 aliphatic carbocycles. The molecule has 1 heterocycles. The Hall–Kier alpha value is -1.14. The third kappa shape index (κ3) is 4.27. The maximum absolute atomic E-state index is 11.6. The molecule has 0 bridgehead atoms. The van der Waals surface area contributed by atoms with Gasteiger partial charge in [0.15, 0.2) is 0 Å². The van der Waals surface area contributed by atoms with Crippen LogP contribution in [0.5, 0.6) is 0 Å². The molecule has 1 aliphatic heterocycles. The summed E-state index contributed by atoms with van der Waals surface area (Å²) in [5.74, 6) is -1.40. The van der Waals surface area contributed by atoms with Gasteiger partial charge in [-0.15, -0.1) is 0 Å². The number of hydrogen-bond acceptors (Lipinski definition) is 4. The van der Waals surface area contributed by atoms with Gasteiger partial charge in [-0.2, -0.15) is 0 Å². The summed E-state index contributed by atoms with van der Waals surface area (Å²) < 4.78 is 5.47. The number of carboxylic acids is 1. The second kappa shape index (κ2) is 6.70. The zero-order valence-corrected chi connectivity index (χ0v) is 11.0. The molecule has 0 saturated carbocycles. The summed E-state index contributed by atoms with van der Waals surface area (Å²) in [6, 6.07) is 0. The molecule has 0 aromatic carbocycles. The van der Waals surface area contributed by atoms with Crippen LogP contribution >= 0.6 is 0 Å². The number of rotatable bonds is 6. The molecule has 18 heavy (non-hydrogen) atoms. The van der Waals surface area contributed by atoms with E-state index in [1.165, 1.54) is 6.92 Å². The van der Waals surface area contributed by atoms with Gasteiger partial charge in [0.2, 0.25) is 5.91 Å². The van der Waals surface area contributed by atoms with E-state index in [0.717, 1.165) is 25.9 Å². The number of amides is 1. The molecule has 3 N–H and O–H groups in total. The Morgan fingerprint density at radius 2 is 2.06 bits per heavy atom. The van der Waals surface area contributed by atoms with Gasteiger partial charge in [0.1, 0.15) is 12.1 Å². The first kappa shape index (κ1) is 14.9. The minimum absolute atomic E-state index is 0.0759. The summed E-state index contributed by atoms with van der Waals surface area (Å²) in [5, 5.41) is 14.7. The Morgan fingerprint density at radius 1 is 1.44 bits per heavy atom. The topological polar surface area (TPSA) is 87.7 Å². The second-order valence-electron chi connectivity index (χ2n) is 4.80. The number of nitrogens with one attached hydrogen (secondary N) is 2. The van der Waals surface area contributed by atoms with E-state index in [0.29, 0.717) is 6.42 Å². The van der Waals surface area contributed by atoms with Crippen LogP contribution < -0.4 is 10.6 Å². The van der Waals surface area contributed by atoms with Crippen LogP contribution in [0.4, 0.5) is 0 Å². The van der Waals surface area contributed by atoms with Crippen LogP contribution in [-0.2, 0) is 14.3 Å². The van der Waals surface area contributed by atoms with E-state index in [-0.39, 0.29) is 18.6 Å². The fraction of sp³-hybridized carbons (Fsp3) is 0.833. The lowest BCUT2D eigenvalue weighted by molar-refractivity contribution is -0.148. The van der Waals surface area contributed by atoms with E-state index < -0.39 is 11.5 Å².